The van der Waals surface area contributed by atoms with Crippen molar-refractivity contribution in [2.75, 3.05) is 32.8 Å². The summed E-state index contributed by atoms with van der Waals surface area (Å²) in [6, 6.07) is 15.3. The average Bonchev–Trinajstić information content (AvgIpc) is 3.25. The zero-order valence-corrected chi connectivity index (χ0v) is 21.7. The van der Waals surface area contributed by atoms with Crippen LogP contribution in [0.1, 0.15) is 48.9 Å². The van der Waals surface area contributed by atoms with E-state index in [-0.39, 0.29) is 11.8 Å². The number of halogens is 1. The van der Waals surface area contributed by atoms with E-state index in [1.165, 1.54) is 6.42 Å². The first-order valence-electron chi connectivity index (χ1n) is 12.9. The Labute approximate surface area is 217 Å². The lowest BCUT2D eigenvalue weighted by molar-refractivity contribution is -0.136. The molecule has 0 unspecified atom stereocenters. The summed E-state index contributed by atoms with van der Waals surface area (Å²) in [5.41, 5.74) is 1.31. The Kier molecular flexibility index (Phi) is 7.24. The van der Waals surface area contributed by atoms with Gasteiger partial charge < -0.3 is 19.1 Å². The van der Waals surface area contributed by atoms with Crippen LogP contribution in [0.25, 0.3) is 10.9 Å². The lowest BCUT2D eigenvalue weighted by Crippen LogP contribution is -2.51. The van der Waals surface area contributed by atoms with E-state index in [1.54, 1.807) is 12.1 Å². The Morgan fingerprint density at radius 1 is 0.944 bits per heavy atom. The molecule has 3 aromatic rings. The predicted molar refractivity (Wildman–Crippen MR) is 142 cm³/mol. The molecule has 2 saturated heterocycles. The predicted octanol–water partition coefficient (Wildman–Crippen LogP) is 5.54. The number of hydrogen-bond acceptors (Lipinski definition) is 3. The van der Waals surface area contributed by atoms with Gasteiger partial charge >= 0.3 is 0 Å². The number of rotatable bonds is 6. The molecule has 7 heteroatoms. The lowest BCUT2D eigenvalue weighted by Gasteiger charge is -2.43. The van der Waals surface area contributed by atoms with Gasteiger partial charge in [0.25, 0.3) is 5.91 Å². The van der Waals surface area contributed by atoms with E-state index in [4.69, 9.17) is 16.3 Å². The normalized spacial score (nSPS) is 20.5. The van der Waals surface area contributed by atoms with Gasteiger partial charge in [-0.15, -0.1) is 0 Å². The molecule has 5 rings (SSSR count). The van der Waals surface area contributed by atoms with Crippen LogP contribution in [0.4, 0.5) is 0 Å². The molecule has 190 valence electrons. The third kappa shape index (κ3) is 5.24. The van der Waals surface area contributed by atoms with Crippen LogP contribution in [0.15, 0.2) is 54.7 Å². The summed E-state index contributed by atoms with van der Waals surface area (Å²) in [6.07, 6.45) is 7.30. The molecule has 2 aliphatic heterocycles. The summed E-state index contributed by atoms with van der Waals surface area (Å²) >= 11 is 6.05. The van der Waals surface area contributed by atoms with Crippen molar-refractivity contribution in [3.05, 3.63) is 65.3 Å². The van der Waals surface area contributed by atoms with Crippen LogP contribution in [0.3, 0.4) is 0 Å². The van der Waals surface area contributed by atoms with E-state index in [2.05, 4.69) is 0 Å². The number of fused-ring (bicyclic) bond motifs is 1. The largest absolute Gasteiger partial charge is 0.493 e. The standard InChI is InChI=1S/C29H34ClN3O3/c1-31-19-25(24-8-3-4-9-26(24)31)28(35)33-17-7-14-29(20-33,18-27(34)32-15-5-2-6-16-32)21-36-23-12-10-22(30)11-13-23/h3-4,8-13,19H,2,5-7,14-18,20-21H2,1H3/t29-/m1/s1. The second-order valence-electron chi connectivity index (χ2n) is 10.4. The monoisotopic (exact) mass is 507 g/mol. The van der Waals surface area contributed by atoms with E-state index in [0.717, 1.165) is 55.4 Å². The van der Waals surface area contributed by atoms with Gasteiger partial charge in [0.1, 0.15) is 5.75 Å². The fourth-order valence-electron chi connectivity index (χ4n) is 5.72. The van der Waals surface area contributed by atoms with Gasteiger partial charge in [-0.25, -0.2) is 0 Å². The summed E-state index contributed by atoms with van der Waals surface area (Å²) in [4.78, 5) is 31.1. The lowest BCUT2D eigenvalue weighted by atomic mass is 9.77. The average molecular weight is 508 g/mol. The zero-order valence-electron chi connectivity index (χ0n) is 20.9. The number of carbonyl (C=O) groups is 2. The second-order valence-corrected chi connectivity index (χ2v) is 10.8. The van der Waals surface area contributed by atoms with Gasteiger partial charge in [0.15, 0.2) is 0 Å². The molecular formula is C29H34ClN3O3. The summed E-state index contributed by atoms with van der Waals surface area (Å²) in [6.45, 7) is 3.22. The molecule has 0 N–H and O–H groups in total. The molecule has 0 aliphatic carbocycles. The summed E-state index contributed by atoms with van der Waals surface area (Å²) in [5.74, 6) is 0.920. The first-order valence-corrected chi connectivity index (χ1v) is 13.3. The van der Waals surface area contributed by atoms with Crippen molar-refractivity contribution in [3.63, 3.8) is 0 Å². The van der Waals surface area contributed by atoms with Crippen molar-refractivity contribution in [1.29, 1.82) is 0 Å². The molecular weight excluding hydrogens is 474 g/mol. The van der Waals surface area contributed by atoms with Gasteiger partial charge in [-0.2, -0.15) is 0 Å². The number of nitrogens with zero attached hydrogens (tertiary/aromatic N) is 3. The van der Waals surface area contributed by atoms with Crippen LogP contribution < -0.4 is 4.74 Å². The highest BCUT2D eigenvalue weighted by Crippen LogP contribution is 2.37. The van der Waals surface area contributed by atoms with Gasteiger partial charge in [-0.05, 0) is 62.4 Å². The van der Waals surface area contributed by atoms with E-state index >= 15 is 0 Å². The molecule has 1 aromatic heterocycles. The number of para-hydroxylation sites is 1. The highest BCUT2D eigenvalue weighted by Gasteiger charge is 2.41. The van der Waals surface area contributed by atoms with Crippen molar-refractivity contribution in [1.82, 2.24) is 14.4 Å². The molecule has 2 aliphatic rings. The van der Waals surface area contributed by atoms with Crippen LogP contribution in [0.2, 0.25) is 5.02 Å². The van der Waals surface area contributed by atoms with Crippen LogP contribution in [0.5, 0.6) is 5.75 Å². The fourth-order valence-corrected chi connectivity index (χ4v) is 5.85. The number of aromatic nitrogens is 1. The molecule has 0 radical (unpaired) electrons. The number of hydrogen-bond donors (Lipinski definition) is 0. The molecule has 2 amide bonds. The summed E-state index contributed by atoms with van der Waals surface area (Å²) in [7, 11) is 1.97. The second kappa shape index (κ2) is 10.6. The van der Waals surface area contributed by atoms with E-state index in [9.17, 15) is 9.59 Å². The number of ether oxygens (including phenoxy) is 1. The van der Waals surface area contributed by atoms with Crippen LogP contribution in [-0.2, 0) is 11.8 Å². The van der Waals surface area contributed by atoms with Crippen molar-refractivity contribution >= 4 is 34.3 Å². The molecule has 0 bridgehead atoms. The maximum atomic E-state index is 13.8. The number of amides is 2. The van der Waals surface area contributed by atoms with Crippen LogP contribution in [-0.4, -0.2) is 59.0 Å². The summed E-state index contributed by atoms with van der Waals surface area (Å²) < 4.78 is 8.23. The van der Waals surface area contributed by atoms with Gasteiger partial charge in [-0.3, -0.25) is 9.59 Å². The topological polar surface area (TPSA) is 54.8 Å². The molecule has 2 fully saturated rings. The van der Waals surface area contributed by atoms with Gasteiger partial charge in [-0.1, -0.05) is 29.8 Å². The molecule has 0 spiro atoms. The number of carbonyl (C=O) groups excluding carboxylic acids is 2. The Bertz CT molecular complexity index is 1230. The molecule has 36 heavy (non-hydrogen) atoms. The van der Waals surface area contributed by atoms with E-state index in [0.29, 0.717) is 36.7 Å². The van der Waals surface area contributed by atoms with Gasteiger partial charge in [0, 0.05) is 67.2 Å². The number of aryl methyl sites for hydroxylation is 1. The number of likely N-dealkylation sites (tertiary alicyclic amines) is 2. The smallest absolute Gasteiger partial charge is 0.256 e. The molecule has 6 nitrogen and oxygen atoms in total. The minimum Gasteiger partial charge on any atom is -0.493 e. The highest BCUT2D eigenvalue weighted by atomic mass is 35.5. The highest BCUT2D eigenvalue weighted by molar-refractivity contribution is 6.30. The van der Waals surface area contributed by atoms with Crippen molar-refractivity contribution < 1.29 is 14.3 Å². The van der Waals surface area contributed by atoms with Gasteiger partial charge in [0.05, 0.1) is 12.2 Å². The van der Waals surface area contributed by atoms with Gasteiger partial charge in [0.2, 0.25) is 5.91 Å². The zero-order chi connectivity index (χ0) is 25.1. The quantitative estimate of drug-likeness (QED) is 0.440. The van der Waals surface area contributed by atoms with Crippen LogP contribution >= 0.6 is 11.6 Å². The Morgan fingerprint density at radius 3 is 2.44 bits per heavy atom. The van der Waals surface area contributed by atoms with Crippen LogP contribution in [0, 0.1) is 5.41 Å². The minimum atomic E-state index is -0.438. The number of piperidine rings is 2. The molecule has 1 atom stereocenters. The molecule has 3 heterocycles. The number of benzene rings is 2. The van der Waals surface area contributed by atoms with E-state index in [1.807, 2.05) is 64.0 Å². The van der Waals surface area contributed by atoms with Crippen molar-refractivity contribution in [2.24, 2.45) is 12.5 Å². The summed E-state index contributed by atoms with van der Waals surface area (Å²) in [5, 5.41) is 1.62. The molecule has 2 aromatic carbocycles. The maximum absolute atomic E-state index is 13.8. The van der Waals surface area contributed by atoms with E-state index < -0.39 is 5.41 Å². The minimum absolute atomic E-state index is 0.0211. The molecule has 0 saturated carbocycles. The first kappa shape index (κ1) is 24.7. The fraction of sp³-hybridized carbons (Fsp3) is 0.448. The SMILES string of the molecule is Cn1cc(C(=O)N2CCC[C@@](COc3ccc(Cl)cc3)(CC(=O)N3CCCCC3)C2)c2ccccc21. The third-order valence-corrected chi connectivity index (χ3v) is 7.92. The first-order chi connectivity index (χ1) is 17.4. The van der Waals surface area contributed by atoms with Crippen molar-refractivity contribution in [3.8, 4) is 5.75 Å². The Hall–Kier alpha value is -2.99. The third-order valence-electron chi connectivity index (χ3n) is 7.67. The Balaban J connectivity index is 1.39. The van der Waals surface area contributed by atoms with Crippen molar-refractivity contribution in [2.45, 2.75) is 38.5 Å². The maximum Gasteiger partial charge on any atom is 0.256 e. The Morgan fingerprint density at radius 2 is 1.67 bits per heavy atom.